The second-order valence-electron chi connectivity index (χ2n) is 3.57. The topological polar surface area (TPSA) is 35.6 Å². The Kier molecular flexibility index (Phi) is 3.28. The minimum Gasteiger partial charge on any atom is -0.272 e. The van der Waals surface area contributed by atoms with E-state index in [1.54, 1.807) is 13.1 Å². The predicted molar refractivity (Wildman–Crippen MR) is 62.8 cm³/mol. The third-order valence-corrected chi connectivity index (χ3v) is 2.83. The molecular formula is C10H11BrF2N4. The van der Waals surface area contributed by atoms with Crippen molar-refractivity contribution < 1.29 is 8.78 Å². The lowest BCUT2D eigenvalue weighted by Crippen LogP contribution is -1.98. The molecule has 0 bridgehead atoms. The van der Waals surface area contributed by atoms with Crippen LogP contribution in [0, 0.1) is 0 Å². The van der Waals surface area contributed by atoms with Gasteiger partial charge in [-0.25, -0.2) is 8.78 Å². The van der Waals surface area contributed by atoms with E-state index in [-0.39, 0.29) is 11.3 Å². The lowest BCUT2D eigenvalue weighted by molar-refractivity contribution is 0.152. The number of rotatable bonds is 3. The van der Waals surface area contributed by atoms with Crippen molar-refractivity contribution >= 4 is 15.9 Å². The maximum absolute atomic E-state index is 12.9. The summed E-state index contributed by atoms with van der Waals surface area (Å²) in [6, 6.07) is 1.67. The molecule has 0 aliphatic carbocycles. The van der Waals surface area contributed by atoms with E-state index in [2.05, 4.69) is 26.1 Å². The molecule has 0 saturated heterocycles. The van der Waals surface area contributed by atoms with Gasteiger partial charge in [0.1, 0.15) is 10.3 Å². The molecule has 0 fully saturated rings. The van der Waals surface area contributed by atoms with Crippen LogP contribution < -0.4 is 0 Å². The smallest absolute Gasteiger partial charge is 0.267 e. The summed E-state index contributed by atoms with van der Waals surface area (Å²) in [5, 5.41) is 8.21. The number of hydrogen-bond acceptors (Lipinski definition) is 2. The third kappa shape index (κ3) is 2.24. The summed E-state index contributed by atoms with van der Waals surface area (Å²) in [5.41, 5.74) is 0.782. The normalized spacial score (nSPS) is 11.4. The predicted octanol–water partition coefficient (Wildman–Crippen LogP) is 3.00. The SMILES string of the molecule is CCn1cc(C(F)F)c(-c2cc(Br)nn2C)n1. The van der Waals surface area contributed by atoms with Crippen molar-refractivity contribution in [3.63, 3.8) is 0 Å². The minimum absolute atomic E-state index is 0.0673. The number of nitrogens with zero attached hydrogens (tertiary/aromatic N) is 4. The van der Waals surface area contributed by atoms with Crippen LogP contribution in [0.15, 0.2) is 16.9 Å². The third-order valence-electron chi connectivity index (χ3n) is 2.44. The first-order valence-corrected chi connectivity index (χ1v) is 5.87. The van der Waals surface area contributed by atoms with E-state index in [1.807, 2.05) is 6.92 Å². The molecule has 4 nitrogen and oxygen atoms in total. The molecule has 0 radical (unpaired) electrons. The summed E-state index contributed by atoms with van der Waals surface area (Å²) in [4.78, 5) is 0. The van der Waals surface area contributed by atoms with Crippen molar-refractivity contribution in [2.24, 2.45) is 7.05 Å². The average Bonchev–Trinajstić information content (AvgIpc) is 2.81. The van der Waals surface area contributed by atoms with Gasteiger partial charge in [-0.1, -0.05) is 0 Å². The van der Waals surface area contributed by atoms with Crippen LogP contribution >= 0.6 is 15.9 Å². The molecule has 0 aliphatic rings. The van der Waals surface area contributed by atoms with Crippen molar-refractivity contribution in [3.8, 4) is 11.4 Å². The van der Waals surface area contributed by atoms with Gasteiger partial charge < -0.3 is 0 Å². The summed E-state index contributed by atoms with van der Waals surface area (Å²) >= 11 is 3.21. The molecule has 0 atom stereocenters. The van der Waals surface area contributed by atoms with Crippen molar-refractivity contribution in [1.29, 1.82) is 0 Å². The molecule has 0 N–H and O–H groups in total. The van der Waals surface area contributed by atoms with Gasteiger partial charge >= 0.3 is 0 Å². The highest BCUT2D eigenvalue weighted by Gasteiger charge is 2.21. The quantitative estimate of drug-likeness (QED) is 0.874. The van der Waals surface area contributed by atoms with E-state index in [1.165, 1.54) is 15.6 Å². The monoisotopic (exact) mass is 304 g/mol. The number of aromatic nitrogens is 4. The van der Waals surface area contributed by atoms with Gasteiger partial charge in [-0.3, -0.25) is 9.36 Å². The molecule has 2 rings (SSSR count). The van der Waals surface area contributed by atoms with Gasteiger partial charge in [0.15, 0.2) is 0 Å². The van der Waals surface area contributed by atoms with Gasteiger partial charge in [0.25, 0.3) is 6.43 Å². The number of halogens is 3. The van der Waals surface area contributed by atoms with Crippen molar-refractivity contribution in [2.75, 3.05) is 0 Å². The first-order chi connectivity index (χ1) is 8.02. The fourth-order valence-corrected chi connectivity index (χ4v) is 2.07. The summed E-state index contributed by atoms with van der Waals surface area (Å²) in [6.45, 7) is 2.41. The fourth-order valence-electron chi connectivity index (χ4n) is 1.61. The Morgan fingerprint density at radius 2 is 2.12 bits per heavy atom. The van der Waals surface area contributed by atoms with E-state index in [4.69, 9.17) is 0 Å². The van der Waals surface area contributed by atoms with Gasteiger partial charge in [0.2, 0.25) is 0 Å². The Balaban J connectivity index is 2.57. The van der Waals surface area contributed by atoms with Crippen molar-refractivity contribution in [2.45, 2.75) is 19.9 Å². The molecule has 7 heteroatoms. The van der Waals surface area contributed by atoms with Crippen LogP contribution in [-0.4, -0.2) is 19.6 Å². The fraction of sp³-hybridized carbons (Fsp3) is 0.400. The second-order valence-corrected chi connectivity index (χ2v) is 4.38. The summed E-state index contributed by atoms with van der Waals surface area (Å²) in [5.74, 6) is 0. The van der Waals surface area contributed by atoms with Gasteiger partial charge in [0.05, 0.1) is 11.3 Å². The van der Waals surface area contributed by atoms with Crippen molar-refractivity contribution in [1.82, 2.24) is 19.6 Å². The Morgan fingerprint density at radius 1 is 1.41 bits per heavy atom. The lowest BCUT2D eigenvalue weighted by atomic mass is 10.2. The van der Waals surface area contributed by atoms with Crippen LogP contribution in [0.4, 0.5) is 8.78 Å². The van der Waals surface area contributed by atoms with E-state index < -0.39 is 6.43 Å². The lowest BCUT2D eigenvalue weighted by Gasteiger charge is -2.00. The zero-order valence-electron chi connectivity index (χ0n) is 9.36. The first-order valence-electron chi connectivity index (χ1n) is 5.08. The Hall–Kier alpha value is -1.24. The Morgan fingerprint density at radius 3 is 2.59 bits per heavy atom. The molecule has 92 valence electrons. The number of aryl methyl sites for hydroxylation is 2. The Labute approximate surface area is 105 Å². The second kappa shape index (κ2) is 4.56. The van der Waals surface area contributed by atoms with Gasteiger partial charge in [-0.05, 0) is 22.9 Å². The van der Waals surface area contributed by atoms with E-state index in [0.717, 1.165) is 0 Å². The average molecular weight is 305 g/mol. The minimum atomic E-state index is -2.54. The van der Waals surface area contributed by atoms with Crippen LogP contribution in [0.3, 0.4) is 0 Å². The highest BCUT2D eigenvalue weighted by atomic mass is 79.9. The maximum atomic E-state index is 12.9. The number of alkyl halides is 2. The highest BCUT2D eigenvalue weighted by Crippen LogP contribution is 2.30. The Bertz CT molecular complexity index is 532. The highest BCUT2D eigenvalue weighted by molar-refractivity contribution is 9.10. The van der Waals surface area contributed by atoms with Crippen LogP contribution in [0.5, 0.6) is 0 Å². The van der Waals surface area contributed by atoms with Gasteiger partial charge in [0, 0.05) is 25.9 Å². The summed E-state index contributed by atoms with van der Waals surface area (Å²) in [7, 11) is 1.69. The van der Waals surface area contributed by atoms with Crippen molar-refractivity contribution in [3.05, 3.63) is 22.4 Å². The molecule has 2 aromatic heterocycles. The molecule has 0 unspecified atom stereocenters. The van der Waals surface area contributed by atoms with E-state index >= 15 is 0 Å². The summed E-state index contributed by atoms with van der Waals surface area (Å²) < 4.78 is 29.4. The molecular weight excluding hydrogens is 294 g/mol. The molecule has 2 aromatic rings. The zero-order chi connectivity index (χ0) is 12.6. The number of hydrogen-bond donors (Lipinski definition) is 0. The maximum Gasteiger partial charge on any atom is 0.267 e. The van der Waals surface area contributed by atoms with Gasteiger partial charge in [-0.2, -0.15) is 10.2 Å². The van der Waals surface area contributed by atoms with Crippen LogP contribution in [-0.2, 0) is 13.6 Å². The van der Waals surface area contributed by atoms with Crippen LogP contribution in [0.25, 0.3) is 11.4 Å². The largest absolute Gasteiger partial charge is 0.272 e. The molecule has 0 saturated carbocycles. The van der Waals surface area contributed by atoms with Gasteiger partial charge in [-0.15, -0.1) is 0 Å². The standard InChI is InChI=1S/C10H11BrF2N4/c1-3-17-5-6(10(12)13)9(15-17)7-4-8(11)14-16(7)2/h4-5,10H,3H2,1-2H3. The molecule has 0 spiro atoms. The van der Waals surface area contributed by atoms with Crippen LogP contribution in [0.2, 0.25) is 0 Å². The summed E-state index contributed by atoms with van der Waals surface area (Å²) in [6.07, 6.45) is -1.17. The molecule has 0 aliphatic heterocycles. The van der Waals surface area contributed by atoms with E-state index in [9.17, 15) is 8.78 Å². The van der Waals surface area contributed by atoms with E-state index in [0.29, 0.717) is 16.8 Å². The molecule has 17 heavy (non-hydrogen) atoms. The molecule has 2 heterocycles. The zero-order valence-corrected chi connectivity index (χ0v) is 10.9. The van der Waals surface area contributed by atoms with Crippen LogP contribution in [0.1, 0.15) is 18.9 Å². The first kappa shape index (κ1) is 12.2. The molecule has 0 amide bonds. The molecule has 0 aromatic carbocycles.